The van der Waals surface area contributed by atoms with Gasteiger partial charge in [0.15, 0.2) is 6.10 Å². The smallest absolute Gasteiger partial charge is 0.497 e. The molecule has 13 heteroatoms. The minimum Gasteiger partial charge on any atom is -0.497 e. The molecule has 0 bridgehead atoms. The zero-order valence-electron chi connectivity index (χ0n) is 22.8. The maximum absolute atomic E-state index is 14.8. The van der Waals surface area contributed by atoms with E-state index in [2.05, 4.69) is 5.10 Å². The summed E-state index contributed by atoms with van der Waals surface area (Å²) in [5.41, 5.74) is 1.26. The van der Waals surface area contributed by atoms with Crippen LogP contribution in [0.2, 0.25) is 0 Å². The molecule has 0 saturated carbocycles. The van der Waals surface area contributed by atoms with Crippen molar-refractivity contribution in [3.63, 3.8) is 0 Å². The number of aliphatic hydroxyl groups excluding tert-OH is 3. The lowest BCUT2D eigenvalue weighted by atomic mass is 9.97. The van der Waals surface area contributed by atoms with E-state index in [4.69, 9.17) is 23.7 Å². The predicted molar refractivity (Wildman–Crippen MR) is 134 cm³/mol. The molecule has 2 aromatic rings. The lowest BCUT2D eigenvalue weighted by Crippen LogP contribution is -2.67. The Morgan fingerprint density at radius 1 is 1.18 bits per heavy atom. The molecular weight excluding hydrogens is 519 g/mol. The van der Waals surface area contributed by atoms with Crippen molar-refractivity contribution in [3.8, 4) is 11.6 Å². The minimum absolute atomic E-state index is 0.00466. The molecule has 3 rings (SSSR count). The summed E-state index contributed by atoms with van der Waals surface area (Å²) in [6.07, 6.45) is -8.39. The van der Waals surface area contributed by atoms with Crippen LogP contribution in [-0.2, 0) is 20.6 Å². The van der Waals surface area contributed by atoms with Crippen molar-refractivity contribution in [2.45, 2.75) is 77.5 Å². The first-order chi connectivity index (χ1) is 18.3. The molecule has 4 N–H and O–H groups in total. The van der Waals surface area contributed by atoms with Crippen molar-refractivity contribution in [3.05, 3.63) is 40.8 Å². The van der Waals surface area contributed by atoms with Crippen molar-refractivity contribution in [2.75, 3.05) is 20.3 Å². The first-order valence-electron chi connectivity index (χ1n) is 12.6. The molecule has 1 saturated heterocycles. The Kier molecular flexibility index (Phi) is 9.78. The number of hydrogen-bond donors (Lipinski definition) is 4. The fraction of sp³-hybridized carbons (Fsp3) is 0.615. The molecule has 0 amide bonds. The monoisotopic (exact) mass is 556 g/mol. The molecule has 2 heterocycles. The van der Waals surface area contributed by atoms with Crippen LogP contribution in [-0.4, -0.2) is 87.1 Å². The van der Waals surface area contributed by atoms with E-state index in [9.17, 15) is 29.6 Å². The fourth-order valence-electron chi connectivity index (χ4n) is 4.06. The molecular formula is C26H37FN2O10. The third kappa shape index (κ3) is 6.97. The second-order valence-corrected chi connectivity index (χ2v) is 10.1. The molecule has 39 heavy (non-hydrogen) atoms. The summed E-state index contributed by atoms with van der Waals surface area (Å²) < 4.78 is 42.3. The zero-order chi connectivity index (χ0) is 29.1. The van der Waals surface area contributed by atoms with Gasteiger partial charge in [-0.1, -0.05) is 19.9 Å². The van der Waals surface area contributed by atoms with E-state index in [1.165, 1.54) is 19.2 Å². The van der Waals surface area contributed by atoms with Crippen LogP contribution in [0.1, 0.15) is 50.6 Å². The van der Waals surface area contributed by atoms with Crippen LogP contribution >= 0.6 is 0 Å². The Morgan fingerprint density at radius 3 is 2.46 bits per heavy atom. The molecule has 1 aromatic carbocycles. The normalized spacial score (nSPS) is 25.2. The highest BCUT2D eigenvalue weighted by Gasteiger charge is 2.56. The lowest BCUT2D eigenvalue weighted by molar-refractivity contribution is -0.423. The van der Waals surface area contributed by atoms with Crippen molar-refractivity contribution in [1.29, 1.82) is 0 Å². The Labute approximate surface area is 225 Å². The number of methoxy groups -OCH3 is 1. The van der Waals surface area contributed by atoms with Crippen molar-refractivity contribution in [1.82, 2.24) is 9.78 Å². The zero-order valence-corrected chi connectivity index (χ0v) is 22.8. The van der Waals surface area contributed by atoms with Crippen molar-refractivity contribution in [2.24, 2.45) is 5.92 Å². The molecule has 1 aromatic heterocycles. The lowest BCUT2D eigenvalue weighted by Gasteiger charge is -2.44. The quantitative estimate of drug-likeness (QED) is 0.249. The Morgan fingerprint density at radius 2 is 1.87 bits per heavy atom. The highest BCUT2D eigenvalue weighted by molar-refractivity contribution is 5.59. The highest BCUT2D eigenvalue weighted by atomic mass is 19.1. The van der Waals surface area contributed by atoms with E-state index in [1.54, 1.807) is 17.7 Å². The number of aromatic nitrogens is 2. The number of rotatable bonds is 10. The van der Waals surface area contributed by atoms with Gasteiger partial charge < -0.3 is 44.1 Å². The Bertz CT molecular complexity index is 1140. The van der Waals surface area contributed by atoms with Crippen molar-refractivity contribution >= 4 is 6.16 Å². The summed E-state index contributed by atoms with van der Waals surface area (Å²) in [6.45, 7) is 8.57. The summed E-state index contributed by atoms with van der Waals surface area (Å²) in [5.74, 6) is -3.25. The van der Waals surface area contributed by atoms with Crippen LogP contribution in [0.3, 0.4) is 0 Å². The van der Waals surface area contributed by atoms with Gasteiger partial charge in [0.2, 0.25) is 5.88 Å². The minimum atomic E-state index is -2.91. The SMILES string of the molecule is COc1ccc(Cc2c(O[C@]3(O)O[C@H](COC(=O)OCC(C)C)[C@@H](O)[C@H](O)[C@H]3O)nn(C(C)C)c2C)c(F)c1. The summed E-state index contributed by atoms with van der Waals surface area (Å²) in [4.78, 5) is 11.8. The maximum Gasteiger partial charge on any atom is 0.508 e. The molecule has 0 radical (unpaired) electrons. The summed E-state index contributed by atoms with van der Waals surface area (Å²) in [6, 6.07) is 4.21. The van der Waals surface area contributed by atoms with Gasteiger partial charge in [-0.3, -0.25) is 4.68 Å². The van der Waals surface area contributed by atoms with E-state index in [0.717, 1.165) is 0 Å². The summed E-state index contributed by atoms with van der Waals surface area (Å²) in [7, 11) is 1.42. The molecule has 1 aliphatic heterocycles. The van der Waals surface area contributed by atoms with Gasteiger partial charge in [-0.05, 0) is 38.3 Å². The molecule has 0 aliphatic carbocycles. The maximum atomic E-state index is 14.8. The number of carbonyl (C=O) groups is 1. The molecule has 0 spiro atoms. The van der Waals surface area contributed by atoms with E-state index < -0.39 is 49.0 Å². The van der Waals surface area contributed by atoms with Crippen LogP contribution in [0.4, 0.5) is 9.18 Å². The fourth-order valence-corrected chi connectivity index (χ4v) is 4.06. The second kappa shape index (κ2) is 12.5. The summed E-state index contributed by atoms with van der Waals surface area (Å²) >= 11 is 0. The second-order valence-electron chi connectivity index (χ2n) is 10.1. The largest absolute Gasteiger partial charge is 0.508 e. The third-order valence-corrected chi connectivity index (χ3v) is 6.24. The average Bonchev–Trinajstić information content (AvgIpc) is 3.18. The Hall–Kier alpha value is -2.97. The number of aliphatic hydroxyl groups is 4. The van der Waals surface area contributed by atoms with E-state index >= 15 is 0 Å². The number of hydrogen-bond acceptors (Lipinski definition) is 11. The van der Waals surface area contributed by atoms with Crippen LogP contribution < -0.4 is 9.47 Å². The van der Waals surface area contributed by atoms with Gasteiger partial charge >= 0.3 is 12.1 Å². The van der Waals surface area contributed by atoms with E-state index in [-0.39, 0.29) is 36.4 Å². The number of benzene rings is 1. The number of ether oxygens (including phenoxy) is 5. The van der Waals surface area contributed by atoms with Gasteiger partial charge in [0, 0.05) is 29.8 Å². The Balaban J connectivity index is 1.88. The van der Waals surface area contributed by atoms with Gasteiger partial charge in [-0.2, -0.15) is 0 Å². The first-order valence-corrected chi connectivity index (χ1v) is 12.6. The predicted octanol–water partition coefficient (Wildman–Crippen LogP) is 1.83. The molecule has 1 fully saturated rings. The van der Waals surface area contributed by atoms with Crippen LogP contribution in [0.5, 0.6) is 11.6 Å². The molecule has 0 unspecified atom stereocenters. The molecule has 12 nitrogen and oxygen atoms in total. The van der Waals surface area contributed by atoms with E-state index in [1.807, 2.05) is 27.7 Å². The number of carbonyl (C=O) groups excluding carboxylic acids is 1. The van der Waals surface area contributed by atoms with Crippen LogP contribution in [0.25, 0.3) is 0 Å². The standard InChI is InChI=1S/C26H37FN2O10/c1-13(2)11-36-25(33)37-12-20-21(30)22(31)23(32)26(34,38-20)39-24-18(15(5)29(28-24)14(3)4)9-16-7-8-17(35-6)10-19(16)27/h7-8,10,13-14,20-23,30-32,34H,9,11-12H2,1-6H3/t20-,21-,22+,23-,26-/m1/s1. The van der Waals surface area contributed by atoms with Gasteiger partial charge in [0.25, 0.3) is 0 Å². The van der Waals surface area contributed by atoms with Gasteiger partial charge in [-0.25, -0.2) is 9.18 Å². The molecule has 5 atom stereocenters. The topological polar surface area (TPSA) is 162 Å². The average molecular weight is 557 g/mol. The number of nitrogens with zero attached hydrogens (tertiary/aromatic N) is 2. The van der Waals surface area contributed by atoms with Gasteiger partial charge in [0.1, 0.15) is 36.5 Å². The van der Waals surface area contributed by atoms with Crippen molar-refractivity contribution < 1.29 is 53.3 Å². The van der Waals surface area contributed by atoms with E-state index in [0.29, 0.717) is 17.0 Å². The number of halogens is 1. The summed E-state index contributed by atoms with van der Waals surface area (Å²) in [5, 5.41) is 46.9. The van der Waals surface area contributed by atoms with Crippen LogP contribution in [0.15, 0.2) is 18.2 Å². The first kappa shape index (κ1) is 30.6. The molecule has 1 aliphatic rings. The third-order valence-electron chi connectivity index (χ3n) is 6.24. The van der Waals surface area contributed by atoms with Crippen LogP contribution in [0, 0.1) is 18.7 Å². The molecule has 218 valence electrons. The highest BCUT2D eigenvalue weighted by Crippen LogP contribution is 2.35. The van der Waals surface area contributed by atoms with Gasteiger partial charge in [0.05, 0.1) is 13.7 Å². The van der Waals surface area contributed by atoms with Gasteiger partial charge in [-0.15, -0.1) is 5.10 Å².